The van der Waals surface area contributed by atoms with E-state index < -0.39 is 6.17 Å². The van der Waals surface area contributed by atoms with E-state index in [2.05, 4.69) is 19.6 Å². The Labute approximate surface area is 169 Å². The molecule has 0 N–H and O–H groups in total. The fourth-order valence-electron chi connectivity index (χ4n) is 3.94. The van der Waals surface area contributed by atoms with E-state index in [-0.39, 0.29) is 17.8 Å². The number of imidazole rings is 1. The number of halogens is 2. The molecule has 4 heterocycles. The molecule has 5 rings (SSSR count). The van der Waals surface area contributed by atoms with E-state index in [1.54, 1.807) is 17.6 Å². The van der Waals surface area contributed by atoms with Gasteiger partial charge in [-0.25, -0.2) is 9.37 Å². The van der Waals surface area contributed by atoms with E-state index in [4.69, 9.17) is 16.3 Å². The molecule has 4 aromatic rings. The molecule has 9 heteroatoms. The lowest BCUT2D eigenvalue weighted by atomic mass is 10.0. The summed E-state index contributed by atoms with van der Waals surface area (Å²) >= 11 is 7.39. The molecule has 1 saturated heterocycles. The number of nitrogens with zero attached hydrogens (tertiary/aromatic N) is 5. The molecule has 1 fully saturated rings. The smallest absolute Gasteiger partial charge is 0.202 e. The maximum absolute atomic E-state index is 15.5. The molecule has 1 aliphatic rings. The van der Waals surface area contributed by atoms with E-state index in [1.807, 2.05) is 23.6 Å². The van der Waals surface area contributed by atoms with Crippen LogP contribution in [-0.2, 0) is 4.74 Å². The number of fused-ring (bicyclic) bond motifs is 3. The van der Waals surface area contributed by atoms with Gasteiger partial charge in [-0.3, -0.25) is 4.98 Å². The van der Waals surface area contributed by atoms with Gasteiger partial charge in [-0.05, 0) is 49.5 Å². The minimum absolute atomic E-state index is 0.0678. The predicted octanol–water partition coefficient (Wildman–Crippen LogP) is 4.89. The maximum Gasteiger partial charge on any atom is 0.202 e. The molecule has 0 aliphatic carbocycles. The molecule has 0 bridgehead atoms. The predicted molar refractivity (Wildman–Crippen MR) is 107 cm³/mol. The number of rotatable bonds is 3. The van der Waals surface area contributed by atoms with Crippen LogP contribution in [0.5, 0.6) is 0 Å². The highest BCUT2D eigenvalue weighted by Gasteiger charge is 2.31. The van der Waals surface area contributed by atoms with E-state index in [0.29, 0.717) is 23.0 Å². The molecule has 1 unspecified atom stereocenters. The Hall–Kier alpha value is -2.16. The molecule has 1 aliphatic heterocycles. The van der Waals surface area contributed by atoms with Gasteiger partial charge in [0.15, 0.2) is 5.82 Å². The van der Waals surface area contributed by atoms with Crippen LogP contribution in [-0.4, -0.2) is 36.8 Å². The third kappa shape index (κ3) is 2.96. The van der Waals surface area contributed by atoms with Gasteiger partial charge in [-0.1, -0.05) is 16.1 Å². The zero-order valence-corrected chi connectivity index (χ0v) is 16.6. The first-order valence-corrected chi connectivity index (χ1v) is 10.3. The fourth-order valence-corrected chi connectivity index (χ4v) is 4.57. The van der Waals surface area contributed by atoms with E-state index in [1.165, 1.54) is 0 Å². The average Bonchev–Trinajstić information content (AvgIpc) is 3.35. The molecule has 3 aromatic heterocycles. The van der Waals surface area contributed by atoms with Gasteiger partial charge in [0.1, 0.15) is 11.2 Å². The van der Waals surface area contributed by atoms with Crippen molar-refractivity contribution in [3.05, 3.63) is 46.3 Å². The van der Waals surface area contributed by atoms with Gasteiger partial charge < -0.3 is 9.30 Å². The summed E-state index contributed by atoms with van der Waals surface area (Å²) in [5.41, 5.74) is 2.58. The second-order valence-corrected chi connectivity index (χ2v) is 8.09. The van der Waals surface area contributed by atoms with Gasteiger partial charge >= 0.3 is 0 Å². The van der Waals surface area contributed by atoms with Crippen LogP contribution in [0, 0.1) is 0 Å². The molecule has 0 saturated carbocycles. The van der Waals surface area contributed by atoms with Crippen molar-refractivity contribution in [2.75, 3.05) is 6.61 Å². The normalized spacial score (nSPS) is 21.4. The van der Waals surface area contributed by atoms with Gasteiger partial charge in [0.25, 0.3) is 0 Å². The van der Waals surface area contributed by atoms with Gasteiger partial charge in [0.2, 0.25) is 6.17 Å². The Morgan fingerprint density at radius 1 is 1.36 bits per heavy atom. The summed E-state index contributed by atoms with van der Waals surface area (Å²) < 4.78 is 27.0. The van der Waals surface area contributed by atoms with Crippen molar-refractivity contribution in [1.82, 2.24) is 24.1 Å². The largest absolute Gasteiger partial charge is 0.378 e. The standard InChI is InChI=1S/C19H17ClFN5OS/c1-10-6-12(4-5-27-10)26-18-13-7-11(20)2-3-14(13)22-8-15(18)23-19(26)17(21)16-9-28-25-24-16/h2-3,7-10,12,17H,4-6H2,1H3/t10-,12-,17?/m1/s1. The summed E-state index contributed by atoms with van der Waals surface area (Å²) in [6.07, 6.45) is 1.90. The van der Waals surface area contributed by atoms with Crippen molar-refractivity contribution in [3.8, 4) is 0 Å². The summed E-state index contributed by atoms with van der Waals surface area (Å²) in [5, 5.41) is 7.01. The van der Waals surface area contributed by atoms with Gasteiger partial charge in [-0.2, -0.15) is 0 Å². The van der Waals surface area contributed by atoms with Crippen LogP contribution < -0.4 is 0 Å². The summed E-state index contributed by atoms with van der Waals surface area (Å²) in [5.74, 6) is 0.330. The zero-order chi connectivity index (χ0) is 19.3. The summed E-state index contributed by atoms with van der Waals surface area (Å²) in [6.45, 7) is 2.67. The number of ether oxygens (including phenoxy) is 1. The van der Waals surface area contributed by atoms with Crippen molar-refractivity contribution < 1.29 is 9.13 Å². The minimum Gasteiger partial charge on any atom is -0.378 e. The first-order valence-electron chi connectivity index (χ1n) is 9.10. The lowest BCUT2D eigenvalue weighted by Gasteiger charge is -2.30. The molecular formula is C19H17ClFN5OS. The van der Waals surface area contributed by atoms with Crippen LogP contribution in [0.25, 0.3) is 21.9 Å². The van der Waals surface area contributed by atoms with Crippen LogP contribution in [0.3, 0.4) is 0 Å². The maximum atomic E-state index is 15.5. The highest BCUT2D eigenvalue weighted by atomic mass is 35.5. The van der Waals surface area contributed by atoms with Crippen LogP contribution in [0.4, 0.5) is 4.39 Å². The topological polar surface area (TPSA) is 65.7 Å². The SMILES string of the molecule is C[C@@H]1C[C@H](n2c(C(F)c3csnn3)nc3cnc4ccc(Cl)cc4c32)CCO1. The van der Waals surface area contributed by atoms with Crippen molar-refractivity contribution >= 4 is 45.1 Å². The van der Waals surface area contributed by atoms with Crippen LogP contribution in [0.15, 0.2) is 29.8 Å². The summed E-state index contributed by atoms with van der Waals surface area (Å²) in [4.78, 5) is 9.11. The Morgan fingerprint density at radius 3 is 3.04 bits per heavy atom. The highest BCUT2D eigenvalue weighted by molar-refractivity contribution is 7.03. The Morgan fingerprint density at radius 2 is 2.25 bits per heavy atom. The second-order valence-electron chi connectivity index (χ2n) is 7.05. The molecule has 144 valence electrons. The number of aromatic nitrogens is 5. The van der Waals surface area contributed by atoms with Gasteiger partial charge in [0.05, 0.1) is 23.3 Å². The van der Waals surface area contributed by atoms with Crippen LogP contribution in [0.1, 0.15) is 43.5 Å². The van der Waals surface area contributed by atoms with E-state index in [0.717, 1.165) is 40.8 Å². The van der Waals surface area contributed by atoms with Gasteiger partial charge in [-0.15, -0.1) is 5.10 Å². The Bertz CT molecular complexity index is 1150. The Balaban J connectivity index is 1.80. The molecule has 0 spiro atoms. The number of hydrogen-bond acceptors (Lipinski definition) is 6. The van der Waals surface area contributed by atoms with Crippen molar-refractivity contribution in [1.29, 1.82) is 0 Å². The number of pyridine rings is 1. The van der Waals surface area contributed by atoms with Gasteiger partial charge in [0, 0.05) is 28.4 Å². The minimum atomic E-state index is -1.46. The van der Waals surface area contributed by atoms with E-state index in [9.17, 15) is 0 Å². The lowest BCUT2D eigenvalue weighted by molar-refractivity contribution is 0.00575. The molecule has 28 heavy (non-hydrogen) atoms. The first-order chi connectivity index (χ1) is 13.6. The number of hydrogen-bond donors (Lipinski definition) is 0. The summed E-state index contributed by atoms with van der Waals surface area (Å²) in [7, 11) is 0. The molecule has 6 nitrogen and oxygen atoms in total. The third-order valence-corrected chi connectivity index (χ3v) is 5.95. The molecule has 1 aromatic carbocycles. The molecular weight excluding hydrogens is 401 g/mol. The molecule has 3 atom stereocenters. The summed E-state index contributed by atoms with van der Waals surface area (Å²) in [6, 6.07) is 5.62. The third-order valence-electron chi connectivity index (χ3n) is 5.19. The Kier molecular flexibility index (Phi) is 4.49. The number of benzene rings is 1. The first kappa shape index (κ1) is 17.9. The quantitative estimate of drug-likeness (QED) is 0.475. The highest BCUT2D eigenvalue weighted by Crippen LogP contribution is 2.38. The monoisotopic (exact) mass is 417 g/mol. The van der Waals surface area contributed by atoms with Crippen LogP contribution in [0.2, 0.25) is 5.02 Å². The van der Waals surface area contributed by atoms with Crippen molar-refractivity contribution in [2.45, 2.75) is 38.1 Å². The zero-order valence-electron chi connectivity index (χ0n) is 15.0. The molecule has 0 amide bonds. The van der Waals surface area contributed by atoms with Crippen LogP contribution >= 0.6 is 23.1 Å². The average molecular weight is 418 g/mol. The number of alkyl halides is 1. The molecule has 0 radical (unpaired) electrons. The second kappa shape index (κ2) is 7.02. The lowest BCUT2D eigenvalue weighted by Crippen LogP contribution is -2.27. The van der Waals surface area contributed by atoms with E-state index >= 15 is 4.39 Å². The fraction of sp³-hybridized carbons (Fsp3) is 0.368. The van der Waals surface area contributed by atoms with Crippen molar-refractivity contribution in [2.24, 2.45) is 0 Å². The van der Waals surface area contributed by atoms with Crippen molar-refractivity contribution in [3.63, 3.8) is 0 Å².